The summed E-state index contributed by atoms with van der Waals surface area (Å²) < 4.78 is 0. The Labute approximate surface area is 64.8 Å². The second-order valence-corrected chi connectivity index (χ2v) is 3.50. The van der Waals surface area contributed by atoms with Crippen LogP contribution in [-0.4, -0.2) is 24.7 Å². The molecule has 0 aromatic rings. The standard InChI is InChI=1S/C7H10N2S/c1-2-8-4-6-3-7(1)10-5-9-6/h3,5-6,8H,1-2,4H2. The summed E-state index contributed by atoms with van der Waals surface area (Å²) in [4.78, 5) is 5.79. The number of hydrogen-bond donors (Lipinski definition) is 1. The van der Waals surface area contributed by atoms with Crippen molar-refractivity contribution >= 4 is 17.3 Å². The van der Waals surface area contributed by atoms with E-state index < -0.39 is 0 Å². The van der Waals surface area contributed by atoms with Gasteiger partial charge in [0.1, 0.15) is 0 Å². The first-order valence-corrected chi connectivity index (χ1v) is 4.43. The Morgan fingerprint density at radius 3 is 3.70 bits per heavy atom. The maximum Gasteiger partial charge on any atom is 0.0821 e. The van der Waals surface area contributed by atoms with Crippen LogP contribution in [0, 0.1) is 0 Å². The van der Waals surface area contributed by atoms with Crippen molar-refractivity contribution in [1.29, 1.82) is 0 Å². The van der Waals surface area contributed by atoms with Gasteiger partial charge in [-0.3, -0.25) is 4.99 Å². The minimum absolute atomic E-state index is 0.416. The third-order valence-electron chi connectivity index (χ3n) is 1.74. The number of nitrogens with zero attached hydrogens (tertiary/aromatic N) is 1. The van der Waals surface area contributed by atoms with Gasteiger partial charge in [0.05, 0.1) is 11.6 Å². The van der Waals surface area contributed by atoms with Crippen molar-refractivity contribution in [2.24, 2.45) is 4.99 Å². The second kappa shape index (κ2) is 2.76. The zero-order chi connectivity index (χ0) is 6.81. The molecular formula is C7H10N2S. The number of fused-ring (bicyclic) bond motifs is 1. The molecule has 2 bridgehead atoms. The van der Waals surface area contributed by atoms with Gasteiger partial charge in [-0.1, -0.05) is 11.8 Å². The quantitative estimate of drug-likeness (QED) is 0.563. The number of thioether (sulfide) groups is 1. The van der Waals surface area contributed by atoms with E-state index in [0.717, 1.165) is 13.1 Å². The first-order valence-electron chi connectivity index (χ1n) is 3.55. The highest BCUT2D eigenvalue weighted by Crippen LogP contribution is 2.23. The average molecular weight is 154 g/mol. The van der Waals surface area contributed by atoms with E-state index in [4.69, 9.17) is 0 Å². The zero-order valence-corrected chi connectivity index (χ0v) is 6.53. The van der Waals surface area contributed by atoms with Gasteiger partial charge in [-0.2, -0.15) is 0 Å². The van der Waals surface area contributed by atoms with Crippen LogP contribution in [0.4, 0.5) is 0 Å². The van der Waals surface area contributed by atoms with Crippen molar-refractivity contribution in [1.82, 2.24) is 5.32 Å². The molecule has 0 radical (unpaired) electrons. The molecule has 1 atom stereocenters. The maximum absolute atomic E-state index is 4.31. The molecule has 2 aliphatic heterocycles. The summed E-state index contributed by atoms with van der Waals surface area (Å²) >= 11 is 1.76. The van der Waals surface area contributed by atoms with E-state index in [0.29, 0.717) is 6.04 Å². The first kappa shape index (κ1) is 6.43. The maximum atomic E-state index is 4.31. The summed E-state index contributed by atoms with van der Waals surface area (Å²) in [6.45, 7) is 2.12. The highest BCUT2D eigenvalue weighted by Gasteiger charge is 2.12. The van der Waals surface area contributed by atoms with Crippen molar-refractivity contribution in [3.8, 4) is 0 Å². The number of hydrogen-bond acceptors (Lipinski definition) is 3. The number of rotatable bonds is 0. The minimum atomic E-state index is 0.416. The number of nitrogens with one attached hydrogen (secondary N) is 1. The Morgan fingerprint density at radius 2 is 2.70 bits per heavy atom. The van der Waals surface area contributed by atoms with Gasteiger partial charge in [0.25, 0.3) is 0 Å². The molecule has 2 rings (SSSR count). The van der Waals surface area contributed by atoms with E-state index in [2.05, 4.69) is 16.4 Å². The van der Waals surface area contributed by atoms with Gasteiger partial charge in [-0.15, -0.1) is 0 Å². The third kappa shape index (κ3) is 1.25. The molecule has 0 aliphatic carbocycles. The summed E-state index contributed by atoms with van der Waals surface area (Å²) in [5, 5.41) is 3.34. The molecule has 10 heavy (non-hydrogen) atoms. The summed E-state index contributed by atoms with van der Waals surface area (Å²) in [5.74, 6) is 0. The summed E-state index contributed by atoms with van der Waals surface area (Å²) in [6.07, 6.45) is 3.44. The van der Waals surface area contributed by atoms with E-state index in [1.807, 2.05) is 5.55 Å². The lowest BCUT2D eigenvalue weighted by Crippen LogP contribution is -2.22. The Balaban J connectivity index is 2.15. The van der Waals surface area contributed by atoms with E-state index in [-0.39, 0.29) is 0 Å². The van der Waals surface area contributed by atoms with Gasteiger partial charge in [-0.25, -0.2) is 0 Å². The van der Waals surface area contributed by atoms with Crippen LogP contribution in [0.3, 0.4) is 0 Å². The van der Waals surface area contributed by atoms with Gasteiger partial charge >= 0.3 is 0 Å². The fraction of sp³-hybridized carbons (Fsp3) is 0.571. The van der Waals surface area contributed by atoms with Gasteiger partial charge in [-0.05, 0) is 23.9 Å². The average Bonchev–Trinajstić information content (AvgIpc) is 2.12. The van der Waals surface area contributed by atoms with Crippen molar-refractivity contribution in [3.05, 3.63) is 11.0 Å². The van der Waals surface area contributed by atoms with Crippen LogP contribution in [0.2, 0.25) is 0 Å². The van der Waals surface area contributed by atoms with Crippen LogP contribution in [0.5, 0.6) is 0 Å². The fourth-order valence-electron chi connectivity index (χ4n) is 1.19. The van der Waals surface area contributed by atoms with Crippen molar-refractivity contribution in [2.45, 2.75) is 12.5 Å². The fourth-order valence-corrected chi connectivity index (χ4v) is 2.00. The lowest BCUT2D eigenvalue weighted by Gasteiger charge is -2.08. The zero-order valence-electron chi connectivity index (χ0n) is 5.71. The molecule has 2 heterocycles. The van der Waals surface area contributed by atoms with E-state index in [9.17, 15) is 0 Å². The highest BCUT2D eigenvalue weighted by molar-refractivity contribution is 8.15. The Hall–Kier alpha value is -0.280. The predicted molar refractivity (Wildman–Crippen MR) is 45.4 cm³/mol. The van der Waals surface area contributed by atoms with Crippen LogP contribution < -0.4 is 5.32 Å². The van der Waals surface area contributed by atoms with Crippen LogP contribution in [0.25, 0.3) is 0 Å². The monoisotopic (exact) mass is 154 g/mol. The van der Waals surface area contributed by atoms with Crippen molar-refractivity contribution in [3.63, 3.8) is 0 Å². The van der Waals surface area contributed by atoms with Crippen molar-refractivity contribution < 1.29 is 0 Å². The van der Waals surface area contributed by atoms with E-state index in [1.165, 1.54) is 11.3 Å². The lowest BCUT2D eigenvalue weighted by molar-refractivity contribution is 0.667. The predicted octanol–water partition coefficient (Wildman–Crippen LogP) is 1.01. The smallest absolute Gasteiger partial charge is 0.0821 e. The summed E-state index contributed by atoms with van der Waals surface area (Å²) in [5.41, 5.74) is 1.97. The first-order chi connectivity index (χ1) is 4.95. The molecule has 0 fully saturated rings. The Morgan fingerprint density at radius 1 is 1.70 bits per heavy atom. The number of aliphatic imine (C=N–C) groups is 1. The molecule has 3 heteroatoms. The molecule has 0 spiro atoms. The molecule has 0 amide bonds. The van der Waals surface area contributed by atoms with Crippen LogP contribution >= 0.6 is 11.8 Å². The largest absolute Gasteiger partial charge is 0.314 e. The van der Waals surface area contributed by atoms with Crippen LogP contribution in [0.1, 0.15) is 6.42 Å². The second-order valence-electron chi connectivity index (χ2n) is 2.53. The molecule has 1 unspecified atom stereocenters. The lowest BCUT2D eigenvalue weighted by atomic mass is 10.3. The Bertz CT molecular complexity index is 186. The normalized spacial score (nSPS) is 31.2. The Kier molecular flexibility index (Phi) is 1.78. The molecule has 0 aromatic carbocycles. The molecule has 0 saturated carbocycles. The SMILES string of the molecule is C1=NC2C=C(CCNC2)S1. The summed E-state index contributed by atoms with van der Waals surface area (Å²) in [6, 6.07) is 0.416. The van der Waals surface area contributed by atoms with Gasteiger partial charge in [0, 0.05) is 6.54 Å². The minimum Gasteiger partial charge on any atom is -0.314 e. The third-order valence-corrected chi connectivity index (χ3v) is 2.61. The van der Waals surface area contributed by atoms with Gasteiger partial charge in [0.2, 0.25) is 0 Å². The van der Waals surface area contributed by atoms with E-state index in [1.54, 1.807) is 11.8 Å². The van der Waals surface area contributed by atoms with Crippen LogP contribution in [0.15, 0.2) is 16.0 Å². The molecular weight excluding hydrogens is 144 g/mol. The van der Waals surface area contributed by atoms with Crippen molar-refractivity contribution in [2.75, 3.05) is 13.1 Å². The van der Waals surface area contributed by atoms with Crippen LogP contribution in [-0.2, 0) is 0 Å². The molecule has 0 saturated heterocycles. The molecule has 2 aliphatic rings. The highest BCUT2D eigenvalue weighted by atomic mass is 32.2. The molecule has 1 N–H and O–H groups in total. The molecule has 2 nitrogen and oxygen atoms in total. The van der Waals surface area contributed by atoms with Gasteiger partial charge < -0.3 is 5.32 Å². The van der Waals surface area contributed by atoms with Gasteiger partial charge in [0.15, 0.2) is 0 Å². The molecule has 0 aromatic heterocycles. The van der Waals surface area contributed by atoms with E-state index >= 15 is 0 Å². The topological polar surface area (TPSA) is 24.4 Å². The summed E-state index contributed by atoms with van der Waals surface area (Å²) in [7, 11) is 0. The molecule has 54 valence electrons.